The second-order valence-electron chi connectivity index (χ2n) is 9.76. The third-order valence-corrected chi connectivity index (χ3v) is 6.78. The number of nitrogens with one attached hydrogen (secondary N) is 2. The Balaban J connectivity index is 0.00000148. The maximum absolute atomic E-state index is 13.3. The summed E-state index contributed by atoms with van der Waals surface area (Å²) in [6, 6.07) is 14.6. The van der Waals surface area contributed by atoms with E-state index in [-0.39, 0.29) is 24.3 Å². The SMILES string of the molecule is O=C(NCCN1CCOCC1)c1ccc(-c2nnc(Nc3cc(C(F)(F)F)cc(C(F)(F)F)c3)c3ccccc23)cc1.O=CO. The number of carbonyl (C=O) groups excluding carboxylic acids is 1. The Labute approximate surface area is 252 Å². The van der Waals surface area contributed by atoms with Gasteiger partial charge in [-0.25, -0.2) is 0 Å². The van der Waals surface area contributed by atoms with Gasteiger partial charge in [0.15, 0.2) is 5.82 Å². The highest BCUT2D eigenvalue weighted by atomic mass is 19.4. The smallest absolute Gasteiger partial charge is 0.416 e. The first-order valence-electron chi connectivity index (χ1n) is 13.5. The molecule has 2 heterocycles. The van der Waals surface area contributed by atoms with E-state index in [1.807, 2.05) is 0 Å². The number of benzene rings is 3. The van der Waals surface area contributed by atoms with Crippen LogP contribution >= 0.6 is 0 Å². The molecule has 0 bridgehead atoms. The average molecular weight is 636 g/mol. The van der Waals surface area contributed by atoms with Crippen LogP contribution in [-0.4, -0.2) is 72.0 Å². The summed E-state index contributed by atoms with van der Waals surface area (Å²) in [6.07, 6.45) is -9.97. The first kappa shape index (κ1) is 33.1. The standard InChI is InChI=1S/C29H25F6N5O2.CH2O2/c30-28(31,32)20-15-21(29(33,34)35)17-22(16-20)37-26-24-4-2-1-3-23(24)25(38-39-26)18-5-7-19(8-6-18)27(41)36-9-10-40-11-13-42-14-12-40;2-1-3/h1-8,15-17H,9-14H2,(H,36,41)(H,37,39);1H,(H,2,3). The molecular weight excluding hydrogens is 608 g/mol. The lowest BCUT2D eigenvalue weighted by Gasteiger charge is -2.26. The molecular formula is C30H27F6N5O4. The number of carbonyl (C=O) groups is 2. The number of aromatic nitrogens is 2. The van der Waals surface area contributed by atoms with Crippen molar-refractivity contribution in [2.45, 2.75) is 12.4 Å². The Morgan fingerprint density at radius 1 is 0.889 bits per heavy atom. The summed E-state index contributed by atoms with van der Waals surface area (Å²) in [5, 5.41) is 21.7. The number of morpholine rings is 1. The fourth-order valence-electron chi connectivity index (χ4n) is 4.61. The highest BCUT2D eigenvalue weighted by molar-refractivity contribution is 6.01. The van der Waals surface area contributed by atoms with Crippen LogP contribution in [0.4, 0.5) is 37.8 Å². The maximum Gasteiger partial charge on any atom is 0.416 e. The van der Waals surface area contributed by atoms with Crippen LogP contribution < -0.4 is 10.6 Å². The molecule has 45 heavy (non-hydrogen) atoms. The Kier molecular flexibility index (Phi) is 10.6. The van der Waals surface area contributed by atoms with Crippen LogP contribution in [0, 0.1) is 0 Å². The molecule has 1 saturated heterocycles. The van der Waals surface area contributed by atoms with Crippen molar-refractivity contribution in [3.05, 3.63) is 83.4 Å². The fourth-order valence-corrected chi connectivity index (χ4v) is 4.61. The minimum absolute atomic E-state index is 0.0157. The van der Waals surface area contributed by atoms with Crippen molar-refractivity contribution < 1.29 is 45.8 Å². The summed E-state index contributed by atoms with van der Waals surface area (Å²) < 4.78 is 85.3. The molecule has 1 aliphatic heterocycles. The summed E-state index contributed by atoms with van der Waals surface area (Å²) >= 11 is 0. The van der Waals surface area contributed by atoms with Gasteiger partial charge in [-0.3, -0.25) is 14.5 Å². The molecule has 15 heteroatoms. The van der Waals surface area contributed by atoms with Crippen molar-refractivity contribution >= 4 is 34.7 Å². The number of rotatable bonds is 7. The predicted octanol–water partition coefficient (Wildman–Crippen LogP) is 5.84. The number of ether oxygens (including phenoxy) is 1. The Morgan fingerprint density at radius 3 is 2.04 bits per heavy atom. The lowest BCUT2D eigenvalue weighted by Crippen LogP contribution is -2.41. The number of amides is 1. The molecule has 0 aliphatic carbocycles. The molecule has 0 radical (unpaired) electrons. The van der Waals surface area contributed by atoms with E-state index in [0.717, 1.165) is 13.1 Å². The summed E-state index contributed by atoms with van der Waals surface area (Å²) in [6.45, 7) is 3.95. The third kappa shape index (κ3) is 8.67. The topological polar surface area (TPSA) is 117 Å². The monoisotopic (exact) mass is 635 g/mol. The lowest BCUT2D eigenvalue weighted by atomic mass is 10.0. The Bertz CT molecular complexity index is 1590. The van der Waals surface area contributed by atoms with Gasteiger partial charge in [0.1, 0.15) is 5.69 Å². The van der Waals surface area contributed by atoms with Crippen molar-refractivity contribution in [3.63, 3.8) is 0 Å². The third-order valence-electron chi connectivity index (χ3n) is 6.78. The van der Waals surface area contributed by atoms with Gasteiger partial charge in [0.2, 0.25) is 0 Å². The van der Waals surface area contributed by atoms with Gasteiger partial charge in [-0.05, 0) is 30.3 Å². The van der Waals surface area contributed by atoms with Crippen LogP contribution in [0.2, 0.25) is 0 Å². The van der Waals surface area contributed by atoms with Gasteiger partial charge in [0.25, 0.3) is 12.4 Å². The molecule has 0 unspecified atom stereocenters. The van der Waals surface area contributed by atoms with Gasteiger partial charge in [-0.2, -0.15) is 26.3 Å². The molecule has 3 aromatic carbocycles. The minimum Gasteiger partial charge on any atom is -0.483 e. The Morgan fingerprint density at radius 2 is 1.47 bits per heavy atom. The summed E-state index contributed by atoms with van der Waals surface area (Å²) in [5.41, 5.74) is -1.84. The minimum atomic E-state index is -4.99. The zero-order valence-electron chi connectivity index (χ0n) is 23.5. The zero-order chi connectivity index (χ0) is 32.6. The van der Waals surface area contributed by atoms with Crippen LogP contribution in [0.3, 0.4) is 0 Å². The molecule has 0 atom stereocenters. The number of carboxylic acid groups (broad SMARTS) is 1. The van der Waals surface area contributed by atoms with E-state index in [2.05, 4.69) is 25.7 Å². The number of fused-ring (bicyclic) bond motifs is 1. The van der Waals surface area contributed by atoms with Gasteiger partial charge in [0.05, 0.1) is 24.3 Å². The van der Waals surface area contributed by atoms with E-state index >= 15 is 0 Å². The van der Waals surface area contributed by atoms with E-state index < -0.39 is 29.2 Å². The summed E-state index contributed by atoms with van der Waals surface area (Å²) in [5.74, 6) is -0.248. The van der Waals surface area contributed by atoms with Crippen molar-refractivity contribution in [1.82, 2.24) is 20.4 Å². The average Bonchev–Trinajstić information content (AvgIpc) is 3.01. The van der Waals surface area contributed by atoms with Gasteiger partial charge >= 0.3 is 12.4 Å². The highest BCUT2D eigenvalue weighted by Crippen LogP contribution is 2.39. The molecule has 238 valence electrons. The van der Waals surface area contributed by atoms with E-state index in [9.17, 15) is 31.1 Å². The lowest BCUT2D eigenvalue weighted by molar-refractivity contribution is -0.143. The van der Waals surface area contributed by atoms with Crippen LogP contribution in [0.15, 0.2) is 66.7 Å². The molecule has 0 saturated carbocycles. The number of hydrogen-bond acceptors (Lipinski definition) is 7. The molecule has 9 nitrogen and oxygen atoms in total. The molecule has 1 aromatic heterocycles. The first-order chi connectivity index (χ1) is 21.4. The van der Waals surface area contributed by atoms with Gasteiger partial charge in [0, 0.05) is 53.8 Å². The highest BCUT2D eigenvalue weighted by Gasteiger charge is 2.37. The van der Waals surface area contributed by atoms with Gasteiger partial charge in [-0.15, -0.1) is 10.2 Å². The molecule has 1 aliphatic rings. The van der Waals surface area contributed by atoms with Crippen molar-refractivity contribution in [3.8, 4) is 11.3 Å². The number of alkyl halides is 6. The molecule has 0 spiro atoms. The van der Waals surface area contributed by atoms with Crippen LogP contribution in [0.1, 0.15) is 21.5 Å². The van der Waals surface area contributed by atoms with Crippen LogP contribution in [-0.2, 0) is 21.9 Å². The fraction of sp³-hybridized carbons (Fsp3) is 0.267. The summed E-state index contributed by atoms with van der Waals surface area (Å²) in [4.78, 5) is 23.2. The molecule has 5 rings (SSSR count). The van der Waals surface area contributed by atoms with E-state index in [4.69, 9.17) is 14.6 Å². The second kappa shape index (κ2) is 14.3. The van der Waals surface area contributed by atoms with Crippen LogP contribution in [0.5, 0.6) is 0 Å². The van der Waals surface area contributed by atoms with Gasteiger partial charge in [-0.1, -0.05) is 36.4 Å². The quantitative estimate of drug-likeness (QED) is 0.171. The molecule has 1 amide bonds. The van der Waals surface area contributed by atoms with Crippen molar-refractivity contribution in [2.75, 3.05) is 44.7 Å². The number of nitrogens with zero attached hydrogens (tertiary/aromatic N) is 3. The van der Waals surface area contributed by atoms with Gasteiger partial charge < -0.3 is 20.5 Å². The normalized spacial score (nSPS) is 13.9. The van der Waals surface area contributed by atoms with E-state index in [1.54, 1.807) is 48.5 Å². The van der Waals surface area contributed by atoms with Crippen molar-refractivity contribution in [2.24, 2.45) is 0 Å². The molecule has 3 N–H and O–H groups in total. The first-order valence-corrected chi connectivity index (χ1v) is 13.5. The number of anilines is 2. The Hall–Kier alpha value is -4.76. The van der Waals surface area contributed by atoms with E-state index in [1.165, 1.54) is 0 Å². The second-order valence-corrected chi connectivity index (χ2v) is 9.76. The number of hydrogen-bond donors (Lipinski definition) is 3. The zero-order valence-corrected chi connectivity index (χ0v) is 23.5. The largest absolute Gasteiger partial charge is 0.483 e. The maximum atomic E-state index is 13.3. The van der Waals surface area contributed by atoms with Crippen LogP contribution in [0.25, 0.3) is 22.0 Å². The predicted molar refractivity (Wildman–Crippen MR) is 153 cm³/mol. The summed E-state index contributed by atoms with van der Waals surface area (Å²) in [7, 11) is 0. The van der Waals surface area contributed by atoms with Crippen molar-refractivity contribution in [1.29, 1.82) is 0 Å². The molecule has 1 fully saturated rings. The molecule has 4 aromatic rings. The number of halogens is 6. The van der Waals surface area contributed by atoms with E-state index in [0.29, 0.717) is 66.0 Å².